The van der Waals surface area contributed by atoms with Gasteiger partial charge < -0.3 is 9.47 Å². The van der Waals surface area contributed by atoms with Gasteiger partial charge in [0.15, 0.2) is 11.5 Å². The lowest BCUT2D eigenvalue weighted by molar-refractivity contribution is 0.0597. The van der Waals surface area contributed by atoms with Crippen molar-refractivity contribution in [2.75, 3.05) is 13.2 Å². The first kappa shape index (κ1) is 8.65. The van der Waals surface area contributed by atoms with Gasteiger partial charge in [-0.2, -0.15) is 0 Å². The fourth-order valence-electron chi connectivity index (χ4n) is 0.920. The third kappa shape index (κ3) is 2.02. The molecule has 2 nitrogen and oxygen atoms in total. The van der Waals surface area contributed by atoms with Crippen LogP contribution in [0.4, 0.5) is 0 Å². The minimum absolute atomic E-state index is 0.591. The van der Waals surface area contributed by atoms with Crippen molar-refractivity contribution in [2.45, 2.75) is 0 Å². The number of allylic oxidation sites excluding steroid dienone is 4. The van der Waals surface area contributed by atoms with Crippen LogP contribution in [0.25, 0.3) is 0 Å². The maximum Gasteiger partial charge on any atom is 0.161 e. The predicted molar refractivity (Wildman–Crippen MR) is 48.5 cm³/mol. The van der Waals surface area contributed by atoms with E-state index in [1.165, 1.54) is 0 Å². The lowest BCUT2D eigenvalue weighted by Crippen LogP contribution is -2.13. The highest BCUT2D eigenvalue weighted by molar-refractivity contribution is 5.27. The zero-order valence-electron chi connectivity index (χ0n) is 6.95. The van der Waals surface area contributed by atoms with Gasteiger partial charge in [-0.1, -0.05) is 25.3 Å². The highest BCUT2D eigenvalue weighted by Gasteiger charge is 2.11. The summed E-state index contributed by atoms with van der Waals surface area (Å²) in [6, 6.07) is 0. The molecule has 1 heterocycles. The summed E-state index contributed by atoms with van der Waals surface area (Å²) in [5, 5.41) is 0. The molecule has 0 amide bonds. The van der Waals surface area contributed by atoms with Gasteiger partial charge in [0.25, 0.3) is 0 Å². The van der Waals surface area contributed by atoms with Crippen molar-refractivity contribution >= 4 is 0 Å². The highest BCUT2D eigenvalue weighted by Crippen LogP contribution is 2.17. The van der Waals surface area contributed by atoms with Crippen LogP contribution in [0.5, 0.6) is 0 Å². The second-order valence-electron chi connectivity index (χ2n) is 2.23. The normalized spacial score (nSPS) is 23.0. The summed E-state index contributed by atoms with van der Waals surface area (Å²) in [5.74, 6) is 1.44. The van der Waals surface area contributed by atoms with Crippen LogP contribution >= 0.6 is 0 Å². The first-order chi connectivity index (χ1) is 5.88. The van der Waals surface area contributed by atoms with E-state index in [9.17, 15) is 0 Å². The largest absolute Gasteiger partial charge is 0.486 e. The molecule has 0 aromatic rings. The molecule has 0 aliphatic carbocycles. The van der Waals surface area contributed by atoms with E-state index >= 15 is 0 Å². The molecule has 64 valence electrons. The van der Waals surface area contributed by atoms with Crippen molar-refractivity contribution in [1.82, 2.24) is 0 Å². The smallest absolute Gasteiger partial charge is 0.161 e. The number of ether oxygens (including phenoxy) is 2. The van der Waals surface area contributed by atoms with Gasteiger partial charge in [0.1, 0.15) is 13.2 Å². The van der Waals surface area contributed by atoms with Gasteiger partial charge in [0.2, 0.25) is 0 Å². The molecule has 0 bridgehead atoms. The fraction of sp³-hybridized carbons (Fsp3) is 0.200. The van der Waals surface area contributed by atoms with Gasteiger partial charge in [-0.05, 0) is 12.2 Å². The molecule has 1 aliphatic heterocycles. The molecule has 0 saturated carbocycles. The Bertz CT molecular complexity index is 210. The third-order valence-corrected chi connectivity index (χ3v) is 1.38. The fourth-order valence-corrected chi connectivity index (χ4v) is 0.920. The Morgan fingerprint density at radius 2 is 1.33 bits per heavy atom. The molecular weight excluding hydrogens is 152 g/mol. The molecule has 0 aromatic heterocycles. The van der Waals surface area contributed by atoms with Crippen molar-refractivity contribution in [1.29, 1.82) is 0 Å². The Morgan fingerprint density at radius 1 is 0.917 bits per heavy atom. The minimum atomic E-state index is 0.591. The van der Waals surface area contributed by atoms with Gasteiger partial charge in [-0.25, -0.2) is 0 Å². The average Bonchev–Trinajstić information content (AvgIpc) is 2.09. The van der Waals surface area contributed by atoms with Crippen LogP contribution in [-0.4, -0.2) is 13.2 Å². The van der Waals surface area contributed by atoms with Crippen molar-refractivity contribution in [3.8, 4) is 0 Å². The SMILES string of the molecule is C=C/C=C1/OCCO/C1=C/C=C. The molecule has 0 unspecified atom stereocenters. The zero-order chi connectivity index (χ0) is 8.81. The van der Waals surface area contributed by atoms with E-state index in [-0.39, 0.29) is 0 Å². The molecule has 1 fully saturated rings. The Morgan fingerprint density at radius 3 is 1.67 bits per heavy atom. The first-order valence-corrected chi connectivity index (χ1v) is 3.80. The van der Waals surface area contributed by atoms with Crippen LogP contribution in [-0.2, 0) is 9.47 Å². The lowest BCUT2D eigenvalue weighted by Gasteiger charge is -2.19. The Balaban J connectivity index is 2.80. The van der Waals surface area contributed by atoms with E-state index in [1.54, 1.807) is 24.3 Å². The van der Waals surface area contributed by atoms with Gasteiger partial charge in [-0.15, -0.1) is 0 Å². The second kappa shape index (κ2) is 4.44. The summed E-state index contributed by atoms with van der Waals surface area (Å²) in [4.78, 5) is 0. The van der Waals surface area contributed by atoms with Crippen LogP contribution in [0.15, 0.2) is 49.0 Å². The van der Waals surface area contributed by atoms with Crippen LogP contribution < -0.4 is 0 Å². The molecule has 0 aromatic carbocycles. The third-order valence-electron chi connectivity index (χ3n) is 1.38. The van der Waals surface area contributed by atoms with Crippen molar-refractivity contribution < 1.29 is 9.47 Å². The molecule has 0 N–H and O–H groups in total. The van der Waals surface area contributed by atoms with Crippen LogP contribution in [0.2, 0.25) is 0 Å². The van der Waals surface area contributed by atoms with E-state index in [1.807, 2.05) is 0 Å². The van der Waals surface area contributed by atoms with Gasteiger partial charge >= 0.3 is 0 Å². The number of rotatable bonds is 2. The van der Waals surface area contributed by atoms with Crippen molar-refractivity contribution in [3.05, 3.63) is 49.0 Å². The van der Waals surface area contributed by atoms with Gasteiger partial charge in [-0.3, -0.25) is 0 Å². The van der Waals surface area contributed by atoms with E-state index < -0.39 is 0 Å². The minimum Gasteiger partial charge on any atom is -0.486 e. The molecule has 0 atom stereocenters. The number of hydrogen-bond donors (Lipinski definition) is 0. The molecule has 2 heteroatoms. The van der Waals surface area contributed by atoms with E-state index in [0.717, 1.165) is 11.5 Å². The van der Waals surface area contributed by atoms with E-state index in [2.05, 4.69) is 13.2 Å². The Hall–Kier alpha value is -1.44. The summed E-state index contributed by atoms with van der Waals surface area (Å²) in [5.41, 5.74) is 0. The Labute approximate surface area is 72.5 Å². The molecule has 1 aliphatic rings. The predicted octanol–water partition coefficient (Wildman–Crippen LogP) is 2.17. The van der Waals surface area contributed by atoms with Crippen LogP contribution in [0.1, 0.15) is 0 Å². The quantitative estimate of drug-likeness (QED) is 0.622. The molecule has 0 radical (unpaired) electrons. The maximum atomic E-state index is 5.33. The lowest BCUT2D eigenvalue weighted by atomic mass is 10.3. The van der Waals surface area contributed by atoms with E-state index in [4.69, 9.17) is 9.47 Å². The first-order valence-electron chi connectivity index (χ1n) is 3.80. The summed E-state index contributed by atoms with van der Waals surface area (Å²) in [7, 11) is 0. The highest BCUT2D eigenvalue weighted by atomic mass is 16.6. The zero-order valence-corrected chi connectivity index (χ0v) is 6.95. The van der Waals surface area contributed by atoms with Crippen molar-refractivity contribution in [3.63, 3.8) is 0 Å². The van der Waals surface area contributed by atoms with Gasteiger partial charge in [0, 0.05) is 0 Å². The molecule has 1 rings (SSSR count). The molecule has 0 spiro atoms. The van der Waals surface area contributed by atoms with Crippen LogP contribution in [0, 0.1) is 0 Å². The van der Waals surface area contributed by atoms with Crippen LogP contribution in [0.3, 0.4) is 0 Å². The monoisotopic (exact) mass is 164 g/mol. The summed E-state index contributed by atoms with van der Waals surface area (Å²) < 4.78 is 10.7. The number of hydrogen-bond acceptors (Lipinski definition) is 2. The van der Waals surface area contributed by atoms with Crippen molar-refractivity contribution in [2.24, 2.45) is 0 Å². The summed E-state index contributed by atoms with van der Waals surface area (Å²) >= 11 is 0. The average molecular weight is 164 g/mol. The van der Waals surface area contributed by atoms with Gasteiger partial charge in [0.05, 0.1) is 0 Å². The standard InChI is InChI=1S/C10H12O2/c1-3-5-9-10(6-4-2)12-8-7-11-9/h3-6H,1-2,7-8H2/b9-5+,10-6+. The molecular formula is C10H12O2. The second-order valence-corrected chi connectivity index (χ2v) is 2.23. The molecule has 1 saturated heterocycles. The summed E-state index contributed by atoms with van der Waals surface area (Å²) in [6.07, 6.45) is 6.88. The summed E-state index contributed by atoms with van der Waals surface area (Å²) in [6.45, 7) is 8.35. The topological polar surface area (TPSA) is 18.5 Å². The molecule has 12 heavy (non-hydrogen) atoms. The maximum absolute atomic E-state index is 5.33. The van der Waals surface area contributed by atoms with E-state index in [0.29, 0.717) is 13.2 Å². The Kier molecular flexibility index (Phi) is 3.20.